The maximum Gasteiger partial charge on any atom is 0.472 e. The van der Waals surface area contributed by atoms with Crippen LogP contribution in [-0.2, 0) is 104 Å². The third kappa shape index (κ3) is 33.0. The molecule has 0 aliphatic carbocycles. The number of nitrogens with one attached hydrogen (secondary N) is 6. The molecular weight excluding hydrogens is 1570 g/mol. The van der Waals surface area contributed by atoms with Crippen molar-refractivity contribution in [2.75, 3.05) is 106 Å². The number of phosphoric ester groups is 2. The largest absolute Gasteiger partial charge is 0.472 e. The van der Waals surface area contributed by atoms with Gasteiger partial charge in [-0.2, -0.15) is 0 Å². The summed E-state index contributed by atoms with van der Waals surface area (Å²) in [6, 6.07) is -5.85. The highest BCUT2D eigenvalue weighted by atomic mass is 31.2. The molecule has 9 amide bonds. The zero-order chi connectivity index (χ0) is 84.5. The molecule has 8 unspecified atom stereocenters. The van der Waals surface area contributed by atoms with E-state index in [2.05, 4.69) is 31.9 Å². The number of aliphatic hydroxyl groups excluding tert-OH is 10. The van der Waals surface area contributed by atoms with E-state index in [-0.39, 0.29) is 166 Å². The summed E-state index contributed by atoms with van der Waals surface area (Å²) < 4.78 is 88.8. The number of methoxy groups -OCH3 is 1. The number of aliphatic hydroxyl groups is 10. The van der Waals surface area contributed by atoms with Crippen LogP contribution in [0.5, 0.6) is 0 Å². The van der Waals surface area contributed by atoms with Crippen LogP contribution in [0.15, 0.2) is 0 Å². The zero-order valence-electron chi connectivity index (χ0n) is 65.7. The highest BCUT2D eigenvalue weighted by Gasteiger charge is 2.50. The minimum absolute atomic E-state index is 0.000627. The van der Waals surface area contributed by atoms with Crippen molar-refractivity contribution in [3.63, 3.8) is 0 Å². The quantitative estimate of drug-likeness (QED) is 0.0200. The number of hydrogen-bond donors (Lipinski definition) is 18. The first-order chi connectivity index (χ1) is 54.7. The smallest absolute Gasteiger partial charge is 0.394 e. The van der Waals surface area contributed by atoms with E-state index in [1.54, 1.807) is 0 Å². The molecule has 23 atom stereocenters. The Bertz CT molecular complexity index is 3150. The summed E-state index contributed by atoms with van der Waals surface area (Å²) in [7, 11) is -8.58. The fraction of sp³-hybridized carbons (Fsp3) is 0.871. The van der Waals surface area contributed by atoms with E-state index in [0.29, 0.717) is 64.3 Å². The molecule has 0 aromatic heterocycles. The van der Waals surface area contributed by atoms with Gasteiger partial charge >= 0.3 is 15.6 Å². The fourth-order valence-corrected chi connectivity index (χ4v) is 16.3. The molecule has 0 aromatic carbocycles. The Morgan fingerprint density at radius 2 is 0.704 bits per heavy atom. The van der Waals surface area contributed by atoms with Gasteiger partial charge in [0.25, 0.3) is 0 Å². The van der Waals surface area contributed by atoms with E-state index in [4.69, 9.17) is 51.3 Å². The summed E-state index contributed by atoms with van der Waals surface area (Å²) >= 11 is 0. The Balaban J connectivity index is 0.945. The first kappa shape index (κ1) is 98.6. The number of carbonyl (C=O) groups is 9. The van der Waals surface area contributed by atoms with Crippen LogP contribution in [0.1, 0.15) is 156 Å². The average Bonchev–Trinajstić information content (AvgIpc) is 1.75. The van der Waals surface area contributed by atoms with Gasteiger partial charge in [0.15, 0.2) is 18.9 Å². The van der Waals surface area contributed by atoms with Crippen LogP contribution >= 0.6 is 15.6 Å². The van der Waals surface area contributed by atoms with Crippen molar-refractivity contribution in [2.24, 2.45) is 0 Å². The van der Waals surface area contributed by atoms with Crippen molar-refractivity contribution in [3.05, 3.63) is 0 Å². The van der Waals surface area contributed by atoms with Crippen molar-refractivity contribution in [1.82, 2.24) is 46.6 Å². The van der Waals surface area contributed by atoms with Crippen LogP contribution in [0, 0.1) is 0 Å². The number of phosphoric acid groups is 2. The minimum Gasteiger partial charge on any atom is -0.394 e. The lowest BCUT2D eigenvalue weighted by Crippen LogP contribution is -2.64. The van der Waals surface area contributed by atoms with E-state index in [9.17, 15) is 113 Å². The van der Waals surface area contributed by atoms with Gasteiger partial charge in [0.1, 0.15) is 73.1 Å². The highest BCUT2D eigenvalue weighted by Crippen LogP contribution is 2.50. The summed E-state index contributed by atoms with van der Waals surface area (Å²) in [5.41, 5.74) is 0. The summed E-state index contributed by atoms with van der Waals surface area (Å²) in [5, 5.41) is 117. The number of β-amino-alcohol motifs (C(OH)–C–C–N with tert-alkyl or cyclic N) is 1. The molecule has 18 N–H and O–H groups in total. The summed E-state index contributed by atoms with van der Waals surface area (Å²) in [5.74, 6) is -3.62. The Morgan fingerprint density at radius 3 is 1.01 bits per heavy atom. The van der Waals surface area contributed by atoms with E-state index >= 15 is 0 Å². The van der Waals surface area contributed by atoms with Crippen LogP contribution in [0.25, 0.3) is 0 Å². The number of amides is 9. The number of rotatable bonds is 51. The maximum atomic E-state index is 14.1. The summed E-state index contributed by atoms with van der Waals surface area (Å²) in [4.78, 5) is 141. The van der Waals surface area contributed by atoms with Gasteiger partial charge in [0, 0.05) is 106 Å². The number of carbonyl (C=O) groups excluding carboxylic acids is 9. The van der Waals surface area contributed by atoms with Crippen molar-refractivity contribution in [3.8, 4) is 0 Å². The van der Waals surface area contributed by atoms with E-state index in [1.807, 2.05) is 0 Å². The molecule has 6 aliphatic rings. The lowest BCUT2D eigenvalue weighted by molar-refractivity contribution is -0.270. The molecule has 0 bridgehead atoms. The van der Waals surface area contributed by atoms with Gasteiger partial charge < -0.3 is 141 Å². The molecule has 0 spiro atoms. The van der Waals surface area contributed by atoms with Gasteiger partial charge in [-0.05, 0) is 77.0 Å². The second-order valence-corrected chi connectivity index (χ2v) is 32.4. The van der Waals surface area contributed by atoms with Crippen LogP contribution in [-0.4, -0.2) is 363 Å². The molecule has 6 fully saturated rings. The lowest BCUT2D eigenvalue weighted by Gasteiger charge is -2.42. The van der Waals surface area contributed by atoms with Gasteiger partial charge in [-0.1, -0.05) is 19.3 Å². The highest BCUT2D eigenvalue weighted by molar-refractivity contribution is 7.47. The third-order valence-electron chi connectivity index (χ3n) is 20.3. The normalized spacial score (nSPS) is 30.6. The summed E-state index contributed by atoms with van der Waals surface area (Å²) in [6.07, 6.45) is -14.6. The third-order valence-corrected chi connectivity index (χ3v) is 22.4. The molecule has 6 heterocycles. The SMILES string of the molecule is COC[C@@H]1C[C@@H](OP(=O)(O)OC[C@@H]2C[C@@H](OP(=O)(O)OC[C@@H]3C[C@@H](O)CN3C(=O)CCCCCNC(=O)CCCO[C@@H]3OC(CO)[C@H](O)[C@H](O)C3NC(C)=O)CN2C(=O)CCCCCNC(=O)CCCO[C@@H]2OC(CO)[C@H](O)[C@H](O)C2NC(C)=O)CN1C(=O)CCCCCNC(=O)CCCO[C@@H]1OC(CO)[C@H](O)[C@H](O)C1NC(C)=O. The standard InChI is InChI=1S/C70H123N9O34P2/c1-41(83)74-59-65(96)62(93)50(35-80)109-68(59)104-26-14-17-53(87)71-23-11-5-8-20-56(90)77-32-47(86)29-44(77)39-107-114(99,100)113-49-31-46(79(34-49)58(92)22-10-7-13-25-73-55(89)19-16-28-106-70-61(76-43(3)85)67(98)64(95)52(37-82)111-70)40-108-115(101,102)112-48-30-45(38-103-4)78(33-48)57(91)21-9-6-12-24-72-54(88)18-15-27-105-69-60(75-42(2)84)66(97)63(94)51(36-81)110-69/h44-52,59-70,80-82,86,93-98H,5-40H2,1-4H3,(H,71,87)(H,72,88)(H,73,89)(H,74,83)(H,75,84)(H,76,85)(H,99,100)(H,101,102)/t44-,45-,46-,47+,48+,49+,50?,51?,52?,59?,60?,61?,62-,63-,64-,65+,66+,67+,68+,69+,70+/m0/s1. The monoisotopic (exact) mass is 1700 g/mol. The number of likely N-dealkylation sites (tertiary alicyclic amines) is 3. The van der Waals surface area contributed by atoms with Gasteiger partial charge in [0.2, 0.25) is 53.2 Å². The molecule has 6 aliphatic heterocycles. The number of hydrogen-bond acceptors (Lipinski definition) is 32. The summed E-state index contributed by atoms with van der Waals surface area (Å²) in [6.45, 7) is 0.855. The average molecular weight is 1700 g/mol. The maximum absolute atomic E-state index is 14.1. The first-order valence-corrected chi connectivity index (χ1v) is 42.4. The van der Waals surface area contributed by atoms with Crippen molar-refractivity contribution >= 4 is 68.8 Å². The van der Waals surface area contributed by atoms with E-state index in [1.165, 1.54) is 42.6 Å². The minimum atomic E-state index is -5.02. The molecule has 6 saturated heterocycles. The zero-order valence-corrected chi connectivity index (χ0v) is 67.5. The second-order valence-electron chi connectivity index (χ2n) is 29.6. The van der Waals surface area contributed by atoms with Crippen LogP contribution < -0.4 is 31.9 Å². The Kier molecular flexibility index (Phi) is 43.0. The van der Waals surface area contributed by atoms with Crippen LogP contribution in [0.4, 0.5) is 0 Å². The van der Waals surface area contributed by atoms with E-state index < -0.39 is 201 Å². The molecule has 43 nitrogen and oxygen atoms in total. The van der Waals surface area contributed by atoms with E-state index in [0.717, 1.165) is 0 Å². The first-order valence-electron chi connectivity index (χ1n) is 39.4. The fourth-order valence-electron chi connectivity index (χ4n) is 14.4. The molecule has 662 valence electrons. The van der Waals surface area contributed by atoms with Gasteiger partial charge in [0.05, 0.1) is 95.9 Å². The van der Waals surface area contributed by atoms with Crippen molar-refractivity contribution < 1.29 is 164 Å². The van der Waals surface area contributed by atoms with Gasteiger partial charge in [-0.25, -0.2) is 9.13 Å². The molecule has 115 heavy (non-hydrogen) atoms. The molecule has 0 saturated carbocycles. The molecular formula is C70H123N9O34P2. The predicted octanol–water partition coefficient (Wildman–Crippen LogP) is -4.95. The lowest BCUT2D eigenvalue weighted by atomic mass is 9.97. The molecule has 0 radical (unpaired) electrons. The topological polar surface area (TPSA) is 614 Å². The Morgan fingerprint density at radius 1 is 0.400 bits per heavy atom. The number of nitrogens with zero attached hydrogens (tertiary/aromatic N) is 3. The number of ether oxygens (including phenoxy) is 7. The number of unbranched alkanes of at least 4 members (excludes halogenated alkanes) is 6. The Labute approximate surface area is 667 Å². The predicted molar refractivity (Wildman–Crippen MR) is 396 cm³/mol. The second kappa shape index (κ2) is 50.1. The van der Waals surface area contributed by atoms with Gasteiger partial charge in [-0.15, -0.1) is 0 Å². The molecule has 45 heteroatoms. The van der Waals surface area contributed by atoms with Crippen LogP contribution in [0.2, 0.25) is 0 Å². The molecule has 6 rings (SSSR count). The molecule has 0 aromatic rings. The van der Waals surface area contributed by atoms with Crippen molar-refractivity contribution in [2.45, 2.75) is 284 Å². The van der Waals surface area contributed by atoms with Crippen LogP contribution in [0.3, 0.4) is 0 Å². The van der Waals surface area contributed by atoms with Gasteiger partial charge in [-0.3, -0.25) is 61.2 Å². The van der Waals surface area contributed by atoms with Crippen molar-refractivity contribution in [1.29, 1.82) is 0 Å². The Hall–Kier alpha value is -5.23.